The van der Waals surface area contributed by atoms with Crippen LogP contribution in [0.3, 0.4) is 0 Å². The van der Waals surface area contributed by atoms with Gasteiger partial charge in [0.05, 0.1) is 0 Å². The maximum Gasteiger partial charge on any atom is 0.223 e. The molecular weight excluding hydrogens is 152 g/mol. The lowest BCUT2D eigenvalue weighted by Crippen LogP contribution is -2.26. The Morgan fingerprint density at radius 2 is 2.50 bits per heavy atom. The first-order valence-corrected chi connectivity index (χ1v) is 4.29. The van der Waals surface area contributed by atoms with E-state index in [0.717, 1.165) is 19.5 Å². The zero-order valence-electron chi connectivity index (χ0n) is 7.76. The Hall–Kier alpha value is -0.830. The molecular formula is C9H16N2O. The Labute approximate surface area is 73.4 Å². The molecule has 0 spiro atoms. The molecule has 1 rings (SSSR count). The van der Waals surface area contributed by atoms with Gasteiger partial charge in [-0.3, -0.25) is 4.79 Å². The fourth-order valence-electron chi connectivity index (χ4n) is 1.27. The third kappa shape index (κ3) is 2.66. The number of hydrogen-bond donors (Lipinski definition) is 1. The summed E-state index contributed by atoms with van der Waals surface area (Å²) in [7, 11) is 3.77. The molecule has 1 N–H and O–H groups in total. The monoisotopic (exact) mass is 168 g/mol. The molecule has 12 heavy (non-hydrogen) atoms. The highest BCUT2D eigenvalue weighted by Crippen LogP contribution is 2.12. The molecule has 1 aliphatic heterocycles. The van der Waals surface area contributed by atoms with Crippen LogP contribution in [0.5, 0.6) is 0 Å². The molecule has 0 aromatic heterocycles. The molecule has 3 heteroatoms. The maximum absolute atomic E-state index is 11.0. The molecule has 0 fully saturated rings. The Kier molecular flexibility index (Phi) is 3.29. The Morgan fingerprint density at radius 1 is 1.75 bits per heavy atom. The number of nitrogens with one attached hydrogen (secondary N) is 1. The molecule has 0 aliphatic carbocycles. The molecule has 0 aromatic carbocycles. The van der Waals surface area contributed by atoms with E-state index in [1.165, 1.54) is 5.57 Å². The second-order valence-electron chi connectivity index (χ2n) is 3.22. The van der Waals surface area contributed by atoms with Crippen molar-refractivity contribution in [1.82, 2.24) is 10.2 Å². The summed E-state index contributed by atoms with van der Waals surface area (Å²) in [6.07, 6.45) is 3.76. The smallest absolute Gasteiger partial charge is 0.223 e. The molecule has 0 saturated heterocycles. The fraction of sp³-hybridized carbons (Fsp3) is 0.667. The second-order valence-corrected chi connectivity index (χ2v) is 3.22. The minimum absolute atomic E-state index is 0.116. The third-order valence-electron chi connectivity index (χ3n) is 2.17. The van der Waals surface area contributed by atoms with Gasteiger partial charge in [-0.25, -0.2) is 0 Å². The zero-order chi connectivity index (χ0) is 8.97. The summed E-state index contributed by atoms with van der Waals surface area (Å²) in [4.78, 5) is 13.2. The van der Waals surface area contributed by atoms with Gasteiger partial charge in [0.25, 0.3) is 0 Å². The molecule has 0 radical (unpaired) electrons. The number of rotatable bonds is 2. The topological polar surface area (TPSA) is 32.3 Å². The molecule has 0 unspecified atom stereocenters. The van der Waals surface area contributed by atoms with Gasteiger partial charge in [0.15, 0.2) is 0 Å². The van der Waals surface area contributed by atoms with Gasteiger partial charge < -0.3 is 10.2 Å². The summed E-state index contributed by atoms with van der Waals surface area (Å²) in [6.45, 7) is 2.05. The van der Waals surface area contributed by atoms with Crippen LogP contribution in [0.25, 0.3) is 0 Å². The van der Waals surface area contributed by atoms with Gasteiger partial charge in [0, 0.05) is 26.6 Å². The van der Waals surface area contributed by atoms with Gasteiger partial charge in [0.2, 0.25) is 5.91 Å². The molecule has 0 saturated carbocycles. The van der Waals surface area contributed by atoms with E-state index >= 15 is 0 Å². The minimum Gasteiger partial charge on any atom is -0.359 e. The first kappa shape index (κ1) is 9.26. The number of carbonyl (C=O) groups excluding carboxylic acids is 1. The van der Waals surface area contributed by atoms with Gasteiger partial charge in [-0.05, 0) is 13.5 Å². The molecule has 1 aliphatic rings. The summed E-state index contributed by atoms with van der Waals surface area (Å²) < 4.78 is 0. The van der Waals surface area contributed by atoms with Crippen LogP contribution in [0.4, 0.5) is 0 Å². The summed E-state index contributed by atoms with van der Waals surface area (Å²) in [5, 5.41) is 2.63. The van der Waals surface area contributed by atoms with Crippen LogP contribution in [0, 0.1) is 0 Å². The summed E-state index contributed by atoms with van der Waals surface area (Å²) >= 11 is 0. The van der Waals surface area contributed by atoms with Crippen LogP contribution in [-0.4, -0.2) is 38.0 Å². The van der Waals surface area contributed by atoms with Crippen LogP contribution in [0.15, 0.2) is 11.6 Å². The van der Waals surface area contributed by atoms with Crippen LogP contribution in [0.2, 0.25) is 0 Å². The number of likely N-dealkylation sites (N-methyl/N-ethyl adjacent to an activating group) is 1. The standard InChI is InChI=1S/C9H16N2O/c1-10-9(12)7-8-3-5-11(2)6-4-8/h3H,4-7H2,1-2H3,(H,10,12). The molecule has 1 heterocycles. The van der Waals surface area contributed by atoms with Crippen molar-refractivity contribution in [2.75, 3.05) is 27.2 Å². The minimum atomic E-state index is 0.116. The van der Waals surface area contributed by atoms with Crippen LogP contribution in [-0.2, 0) is 4.79 Å². The Balaban J connectivity index is 2.38. The van der Waals surface area contributed by atoms with Crippen molar-refractivity contribution in [3.63, 3.8) is 0 Å². The molecule has 68 valence electrons. The van der Waals surface area contributed by atoms with Crippen molar-refractivity contribution in [2.45, 2.75) is 12.8 Å². The molecule has 1 amide bonds. The number of amides is 1. The highest BCUT2D eigenvalue weighted by Gasteiger charge is 2.09. The molecule has 0 bridgehead atoms. The average Bonchev–Trinajstić information content (AvgIpc) is 2.09. The van der Waals surface area contributed by atoms with E-state index in [1.807, 2.05) is 0 Å². The number of nitrogens with zero attached hydrogens (tertiary/aromatic N) is 1. The first-order chi connectivity index (χ1) is 5.72. The number of hydrogen-bond acceptors (Lipinski definition) is 2. The first-order valence-electron chi connectivity index (χ1n) is 4.29. The van der Waals surface area contributed by atoms with E-state index in [-0.39, 0.29) is 5.91 Å². The Morgan fingerprint density at radius 3 is 3.00 bits per heavy atom. The highest BCUT2D eigenvalue weighted by molar-refractivity contribution is 5.78. The molecule has 0 aromatic rings. The van der Waals surface area contributed by atoms with Crippen molar-refractivity contribution in [2.24, 2.45) is 0 Å². The molecule has 0 atom stereocenters. The second kappa shape index (κ2) is 4.26. The van der Waals surface area contributed by atoms with Gasteiger partial charge >= 0.3 is 0 Å². The van der Waals surface area contributed by atoms with E-state index in [4.69, 9.17) is 0 Å². The van der Waals surface area contributed by atoms with Crippen molar-refractivity contribution < 1.29 is 4.79 Å². The summed E-state index contributed by atoms with van der Waals surface area (Å²) in [5.74, 6) is 0.116. The van der Waals surface area contributed by atoms with Crippen molar-refractivity contribution in [1.29, 1.82) is 0 Å². The van der Waals surface area contributed by atoms with Crippen LogP contribution >= 0.6 is 0 Å². The Bertz CT molecular complexity index is 199. The van der Waals surface area contributed by atoms with Crippen molar-refractivity contribution in [3.05, 3.63) is 11.6 Å². The van der Waals surface area contributed by atoms with E-state index in [2.05, 4.69) is 23.3 Å². The van der Waals surface area contributed by atoms with E-state index < -0.39 is 0 Å². The van der Waals surface area contributed by atoms with E-state index in [0.29, 0.717) is 6.42 Å². The fourth-order valence-corrected chi connectivity index (χ4v) is 1.27. The predicted molar refractivity (Wildman–Crippen MR) is 48.9 cm³/mol. The lowest BCUT2D eigenvalue weighted by Gasteiger charge is -2.21. The van der Waals surface area contributed by atoms with Crippen LogP contribution < -0.4 is 5.32 Å². The van der Waals surface area contributed by atoms with Gasteiger partial charge in [-0.1, -0.05) is 11.6 Å². The van der Waals surface area contributed by atoms with Crippen LogP contribution in [0.1, 0.15) is 12.8 Å². The van der Waals surface area contributed by atoms with Gasteiger partial charge in [0.1, 0.15) is 0 Å². The highest BCUT2D eigenvalue weighted by atomic mass is 16.1. The third-order valence-corrected chi connectivity index (χ3v) is 2.17. The zero-order valence-corrected chi connectivity index (χ0v) is 7.76. The SMILES string of the molecule is CNC(=O)CC1=CCN(C)CC1. The largest absolute Gasteiger partial charge is 0.359 e. The maximum atomic E-state index is 11.0. The van der Waals surface area contributed by atoms with Gasteiger partial charge in [-0.15, -0.1) is 0 Å². The lowest BCUT2D eigenvalue weighted by atomic mass is 10.1. The number of carbonyl (C=O) groups is 1. The average molecular weight is 168 g/mol. The van der Waals surface area contributed by atoms with Crippen molar-refractivity contribution >= 4 is 5.91 Å². The normalized spacial score (nSPS) is 18.7. The van der Waals surface area contributed by atoms with Gasteiger partial charge in [-0.2, -0.15) is 0 Å². The summed E-state index contributed by atoms with van der Waals surface area (Å²) in [5.41, 5.74) is 1.27. The quantitative estimate of drug-likeness (QED) is 0.605. The van der Waals surface area contributed by atoms with E-state index in [1.54, 1.807) is 7.05 Å². The lowest BCUT2D eigenvalue weighted by molar-refractivity contribution is -0.120. The summed E-state index contributed by atoms with van der Waals surface area (Å²) in [6, 6.07) is 0. The molecule has 3 nitrogen and oxygen atoms in total. The predicted octanol–water partition coefficient (Wildman–Crippen LogP) is 0.384. The van der Waals surface area contributed by atoms with Crippen molar-refractivity contribution in [3.8, 4) is 0 Å². The van der Waals surface area contributed by atoms with E-state index in [9.17, 15) is 4.79 Å².